The molecule has 0 bridgehead atoms. The van der Waals surface area contributed by atoms with Crippen molar-refractivity contribution in [2.75, 3.05) is 18.4 Å². The van der Waals surface area contributed by atoms with E-state index in [2.05, 4.69) is 0 Å². The molecule has 7 heteroatoms. The van der Waals surface area contributed by atoms with E-state index >= 15 is 0 Å². The van der Waals surface area contributed by atoms with E-state index in [1.807, 2.05) is 0 Å². The van der Waals surface area contributed by atoms with Gasteiger partial charge in [-0.05, 0) is 31.9 Å². The zero-order valence-corrected chi connectivity index (χ0v) is 11.9. The minimum absolute atomic E-state index is 0.0314. The van der Waals surface area contributed by atoms with Crippen LogP contribution in [0.3, 0.4) is 0 Å². The van der Waals surface area contributed by atoms with Gasteiger partial charge in [-0.3, -0.25) is 14.8 Å². The van der Waals surface area contributed by atoms with Gasteiger partial charge in [0.25, 0.3) is 0 Å². The van der Waals surface area contributed by atoms with Crippen molar-refractivity contribution in [3.8, 4) is 0 Å². The van der Waals surface area contributed by atoms with Crippen LogP contribution in [0.15, 0.2) is 24.3 Å². The molecule has 0 aromatic heterocycles. The molecule has 0 amide bonds. The van der Waals surface area contributed by atoms with Crippen LogP contribution in [0, 0.1) is 11.1 Å². The van der Waals surface area contributed by atoms with Gasteiger partial charge in [-0.1, -0.05) is 18.2 Å². The van der Waals surface area contributed by atoms with Gasteiger partial charge in [0, 0.05) is 0 Å². The van der Waals surface area contributed by atoms with Gasteiger partial charge >= 0.3 is 11.9 Å². The van der Waals surface area contributed by atoms with Crippen LogP contribution in [0.2, 0.25) is 0 Å². The zero-order valence-electron chi connectivity index (χ0n) is 11.9. The topological polar surface area (TPSA) is 99.1 Å². The molecule has 0 radical (unpaired) electrons. The van der Waals surface area contributed by atoms with Crippen LogP contribution in [-0.2, 0) is 25.5 Å². The molecule has 0 spiro atoms. The standard InChI is InChI=1S/C14H18NO6/c1-3-20-13(16)11(14(17)21-4-2)9-10-7-5-6-8-12(10)15(18)19/h5-8,11,18H,3-4,9H2,1-2H3/q-1. The number of esters is 2. The summed E-state index contributed by atoms with van der Waals surface area (Å²) in [4.78, 5) is 23.7. The highest BCUT2D eigenvalue weighted by Crippen LogP contribution is 2.23. The quantitative estimate of drug-likeness (QED) is 0.464. The van der Waals surface area contributed by atoms with Crippen molar-refractivity contribution in [2.24, 2.45) is 5.92 Å². The molecule has 0 atom stereocenters. The van der Waals surface area contributed by atoms with Crippen molar-refractivity contribution >= 4 is 17.6 Å². The van der Waals surface area contributed by atoms with E-state index in [-0.39, 0.29) is 30.5 Å². The summed E-state index contributed by atoms with van der Waals surface area (Å²) in [5.41, 5.74) is 0.317. The molecule has 0 aliphatic heterocycles. The third kappa shape index (κ3) is 4.73. The first-order valence-corrected chi connectivity index (χ1v) is 6.58. The van der Waals surface area contributed by atoms with Crippen LogP contribution >= 0.6 is 0 Å². The second-order valence-electron chi connectivity index (χ2n) is 4.16. The maximum atomic E-state index is 11.9. The molecule has 1 rings (SSSR count). The first kappa shape index (κ1) is 16.9. The highest BCUT2D eigenvalue weighted by molar-refractivity contribution is 5.95. The van der Waals surface area contributed by atoms with Gasteiger partial charge in [0.05, 0.1) is 18.9 Å². The number of benzene rings is 1. The van der Waals surface area contributed by atoms with E-state index in [9.17, 15) is 14.8 Å². The lowest BCUT2D eigenvalue weighted by Gasteiger charge is -2.25. The third-order valence-corrected chi connectivity index (χ3v) is 2.76. The zero-order chi connectivity index (χ0) is 15.8. The molecule has 116 valence electrons. The Hall–Kier alpha value is -2.12. The maximum absolute atomic E-state index is 11.9. The average molecular weight is 296 g/mol. The predicted octanol–water partition coefficient (Wildman–Crippen LogP) is 1.66. The van der Waals surface area contributed by atoms with Crippen LogP contribution in [0.1, 0.15) is 19.4 Å². The molecular formula is C14H18NO6-. The fraction of sp³-hybridized carbons (Fsp3) is 0.429. The number of hydrogen-bond donors (Lipinski definition) is 1. The highest BCUT2D eigenvalue weighted by Gasteiger charge is 2.30. The van der Waals surface area contributed by atoms with Crippen molar-refractivity contribution in [1.82, 2.24) is 0 Å². The fourth-order valence-electron chi connectivity index (χ4n) is 1.84. The van der Waals surface area contributed by atoms with Crippen LogP contribution < -0.4 is 5.23 Å². The van der Waals surface area contributed by atoms with E-state index in [1.54, 1.807) is 32.0 Å². The monoisotopic (exact) mass is 296 g/mol. The SMILES string of the molecule is CCOC(=O)C(Cc1ccccc1N([O-])O)C(=O)OCC. The first-order valence-electron chi connectivity index (χ1n) is 6.58. The number of rotatable bonds is 7. The molecule has 21 heavy (non-hydrogen) atoms. The summed E-state index contributed by atoms with van der Waals surface area (Å²) >= 11 is 0. The Morgan fingerprint density at radius 2 is 1.71 bits per heavy atom. The lowest BCUT2D eigenvalue weighted by Crippen LogP contribution is -2.30. The van der Waals surface area contributed by atoms with Gasteiger partial charge < -0.3 is 19.9 Å². The average Bonchev–Trinajstić information content (AvgIpc) is 2.45. The van der Waals surface area contributed by atoms with E-state index in [0.717, 1.165) is 0 Å². The van der Waals surface area contributed by atoms with Crippen LogP contribution in [0.4, 0.5) is 5.69 Å². The predicted molar refractivity (Wildman–Crippen MR) is 74.5 cm³/mol. The summed E-state index contributed by atoms with van der Waals surface area (Å²) in [7, 11) is 0. The van der Waals surface area contributed by atoms with Gasteiger partial charge in [-0.15, -0.1) is 0 Å². The molecule has 1 aromatic carbocycles. The number of anilines is 1. The van der Waals surface area contributed by atoms with Gasteiger partial charge in [0.1, 0.15) is 0 Å². The Morgan fingerprint density at radius 1 is 1.19 bits per heavy atom. The van der Waals surface area contributed by atoms with Crippen molar-refractivity contribution < 1.29 is 24.3 Å². The second kappa shape index (κ2) is 8.23. The van der Waals surface area contributed by atoms with Crippen molar-refractivity contribution in [3.63, 3.8) is 0 Å². The fourth-order valence-corrected chi connectivity index (χ4v) is 1.84. The van der Waals surface area contributed by atoms with Crippen molar-refractivity contribution in [3.05, 3.63) is 35.0 Å². The number of nitrogens with zero attached hydrogens (tertiary/aromatic N) is 1. The highest BCUT2D eigenvalue weighted by atomic mass is 16.8. The second-order valence-corrected chi connectivity index (χ2v) is 4.16. The molecule has 0 unspecified atom stereocenters. The van der Waals surface area contributed by atoms with E-state index in [1.165, 1.54) is 6.07 Å². The van der Waals surface area contributed by atoms with E-state index in [4.69, 9.17) is 14.7 Å². The third-order valence-electron chi connectivity index (χ3n) is 2.76. The number of para-hydroxylation sites is 1. The molecule has 0 saturated heterocycles. The summed E-state index contributed by atoms with van der Waals surface area (Å²) in [6, 6.07) is 6.12. The molecule has 7 nitrogen and oxygen atoms in total. The molecule has 0 aliphatic carbocycles. The van der Waals surface area contributed by atoms with Gasteiger partial charge in [-0.25, -0.2) is 0 Å². The Balaban J connectivity index is 3.00. The Kier molecular flexibility index (Phi) is 6.64. The summed E-state index contributed by atoms with van der Waals surface area (Å²) < 4.78 is 9.70. The minimum Gasteiger partial charge on any atom is -0.733 e. The van der Waals surface area contributed by atoms with Crippen LogP contribution in [0.25, 0.3) is 0 Å². The Labute approximate surface area is 122 Å². The van der Waals surface area contributed by atoms with Gasteiger partial charge in [-0.2, -0.15) is 0 Å². The number of ether oxygens (including phenoxy) is 2. The summed E-state index contributed by atoms with van der Waals surface area (Å²) in [6.07, 6.45) is -0.0901. The van der Waals surface area contributed by atoms with Crippen molar-refractivity contribution in [1.29, 1.82) is 0 Å². The van der Waals surface area contributed by atoms with Gasteiger partial charge in [0.15, 0.2) is 5.92 Å². The molecule has 0 aliphatic rings. The minimum atomic E-state index is -1.18. The van der Waals surface area contributed by atoms with Gasteiger partial charge in [0.2, 0.25) is 0 Å². The van der Waals surface area contributed by atoms with Crippen LogP contribution in [0.5, 0.6) is 0 Å². The lowest BCUT2D eigenvalue weighted by molar-refractivity contribution is -0.161. The molecule has 1 aromatic rings. The largest absolute Gasteiger partial charge is 0.733 e. The molecule has 1 N–H and O–H groups in total. The van der Waals surface area contributed by atoms with Crippen LogP contribution in [-0.4, -0.2) is 30.4 Å². The molecule has 0 heterocycles. The van der Waals surface area contributed by atoms with Crippen molar-refractivity contribution in [2.45, 2.75) is 20.3 Å². The maximum Gasteiger partial charge on any atom is 0.320 e. The molecular weight excluding hydrogens is 278 g/mol. The normalized spacial score (nSPS) is 10.3. The summed E-state index contributed by atoms with van der Waals surface area (Å²) in [6.45, 7) is 3.51. The molecule has 0 saturated carbocycles. The summed E-state index contributed by atoms with van der Waals surface area (Å²) in [5.74, 6) is -2.62. The summed E-state index contributed by atoms with van der Waals surface area (Å²) in [5, 5.41) is 19.8. The number of hydrogen-bond acceptors (Lipinski definition) is 7. The Morgan fingerprint density at radius 3 is 2.19 bits per heavy atom. The Bertz CT molecular complexity index is 470. The number of carbonyl (C=O) groups excluding carboxylic acids is 2. The lowest BCUT2D eigenvalue weighted by atomic mass is 9.98. The van der Waals surface area contributed by atoms with E-state index < -0.39 is 17.9 Å². The first-order chi connectivity index (χ1) is 10.0. The number of carbonyl (C=O) groups is 2. The molecule has 0 fully saturated rings. The smallest absolute Gasteiger partial charge is 0.320 e. The van der Waals surface area contributed by atoms with E-state index in [0.29, 0.717) is 5.56 Å².